The highest BCUT2D eigenvalue weighted by molar-refractivity contribution is 7.59. The minimum absolute atomic E-state index is 0. The zero-order valence-corrected chi connectivity index (χ0v) is 77.8. The Morgan fingerprint density at radius 1 is 0.448 bits per heavy atom. The number of nitrogens with zero attached hydrogens (tertiary/aromatic N) is 17. The van der Waals surface area contributed by atoms with Gasteiger partial charge in [-0.3, -0.25) is 25.8 Å². The minimum Gasteiger partial charge on any atom is -0.447 e. The second-order valence-electron chi connectivity index (χ2n) is 29.9. The summed E-state index contributed by atoms with van der Waals surface area (Å²) in [6.07, 6.45) is 12.0. The van der Waals surface area contributed by atoms with E-state index < -0.39 is 72.0 Å². The fraction of sp³-hybridized carbons (Fsp3) is 0.356. The van der Waals surface area contributed by atoms with E-state index in [-0.39, 0.29) is 143 Å². The molecule has 6 aromatic carbocycles. The number of aldehydes is 1. The van der Waals surface area contributed by atoms with E-state index in [1.54, 1.807) is 88.1 Å². The Balaban J connectivity index is 0.000000331. The van der Waals surface area contributed by atoms with Gasteiger partial charge in [-0.05, 0) is 114 Å². The van der Waals surface area contributed by atoms with Gasteiger partial charge in [0.1, 0.15) is 97.5 Å². The maximum Gasteiger partial charge on any atom is 0.412 e. The summed E-state index contributed by atoms with van der Waals surface area (Å²) in [7, 11) is 4.80. The minimum atomic E-state index is -0.737. The molecule has 0 fully saturated rings. The van der Waals surface area contributed by atoms with Crippen molar-refractivity contribution in [2.45, 2.75) is 138 Å². The number of rotatable bonds is 29. The summed E-state index contributed by atoms with van der Waals surface area (Å²) in [5.41, 5.74) is 1.35. The van der Waals surface area contributed by atoms with Crippen LogP contribution in [-0.4, -0.2) is 218 Å². The third kappa shape index (κ3) is 33.1. The van der Waals surface area contributed by atoms with Crippen LogP contribution in [0.5, 0.6) is 0 Å². The molecule has 12 aromatic rings. The van der Waals surface area contributed by atoms with Gasteiger partial charge in [-0.1, -0.05) is 166 Å². The Kier molecular flexibility index (Phi) is 47.9. The van der Waals surface area contributed by atoms with E-state index in [9.17, 15) is 46.7 Å². The highest BCUT2D eigenvalue weighted by Gasteiger charge is 2.28. The van der Waals surface area contributed by atoms with Gasteiger partial charge >= 0.3 is 36.4 Å². The molecule has 0 unspecified atom stereocenters. The van der Waals surface area contributed by atoms with E-state index in [0.717, 1.165) is 128 Å². The predicted octanol–water partition coefficient (Wildman–Crippen LogP) is 16.2. The Labute approximate surface area is 818 Å². The summed E-state index contributed by atoms with van der Waals surface area (Å²) in [5.74, 6) is 2.27. The van der Waals surface area contributed by atoms with Crippen molar-refractivity contribution in [2.75, 3.05) is 89.6 Å². The van der Waals surface area contributed by atoms with Crippen LogP contribution >= 0.6 is 87.7 Å². The van der Waals surface area contributed by atoms with Gasteiger partial charge in [0.2, 0.25) is 0 Å². The molecule has 0 saturated carbocycles. The smallest absolute Gasteiger partial charge is 0.412 e. The number of aromatic nitrogens is 12. The monoisotopic (exact) mass is 1980 g/mol. The van der Waals surface area contributed by atoms with Crippen LogP contribution in [0, 0.1) is 17.5 Å². The van der Waals surface area contributed by atoms with Crippen molar-refractivity contribution in [2.24, 2.45) is 0 Å². The van der Waals surface area contributed by atoms with E-state index >= 15 is 0 Å². The van der Waals surface area contributed by atoms with E-state index in [0.29, 0.717) is 60.1 Å². The van der Waals surface area contributed by atoms with Crippen molar-refractivity contribution < 1.29 is 60.9 Å². The van der Waals surface area contributed by atoms with Crippen LogP contribution in [0.25, 0.3) is 32.3 Å². The average molecular weight is 1990 g/mol. The molecule has 0 saturated heterocycles. The fourth-order valence-corrected chi connectivity index (χ4v) is 14.6. The molecule has 9 heterocycles. The zero-order chi connectivity index (χ0) is 89.6. The number of carbonyl (C=O) groups excluding carboxylic acids is 7. The lowest BCUT2D eigenvalue weighted by molar-refractivity contribution is -0.108. The predicted molar refractivity (Wildman–Crippen MR) is 530 cm³/mol. The number of fused-ring (bicyclic) bond motifs is 6. The number of urea groups is 3. The Bertz CT molecular complexity index is 5520. The normalized spacial score (nSPS) is 12.7. The van der Waals surface area contributed by atoms with Gasteiger partial charge in [-0.25, -0.2) is 56.9 Å². The number of anilines is 3. The topological polar surface area (TPSA) is 378 Å². The van der Waals surface area contributed by atoms with Crippen LogP contribution in [0.4, 0.5) is 59.4 Å². The lowest BCUT2D eigenvalue weighted by Gasteiger charge is -2.30. The Hall–Kier alpha value is -11.9. The number of hydrogen-bond acceptors (Lipinski definition) is 22. The maximum atomic E-state index is 13.8. The molecule has 3 atom stereocenters. The van der Waals surface area contributed by atoms with Gasteiger partial charge in [-0.15, -0.1) is 43.0 Å². The third-order valence-corrected chi connectivity index (χ3v) is 22.6. The number of ether oxygens (including phenoxy) is 3. The molecule has 0 radical (unpaired) electrons. The molecule has 0 bridgehead atoms. The van der Waals surface area contributed by atoms with Crippen molar-refractivity contribution >= 4 is 180 Å². The van der Waals surface area contributed by atoms with Crippen LogP contribution < -0.4 is 37.2 Å². The van der Waals surface area contributed by atoms with E-state index in [2.05, 4.69) is 97.1 Å². The zero-order valence-electron chi connectivity index (χ0n) is 71.8. The van der Waals surface area contributed by atoms with Crippen LogP contribution in [0.1, 0.15) is 95.0 Å². The van der Waals surface area contributed by atoms with Gasteiger partial charge in [0.05, 0.1) is 52.8 Å². The summed E-state index contributed by atoms with van der Waals surface area (Å²) in [6.45, 7) is 9.17. The number of halogens is 7. The molecule has 0 aliphatic carbocycles. The van der Waals surface area contributed by atoms with E-state index in [1.807, 2.05) is 81.9 Å². The highest BCUT2D eigenvalue weighted by Crippen LogP contribution is 2.26. The first kappa shape index (κ1) is 113. The summed E-state index contributed by atoms with van der Waals surface area (Å²) >= 11 is 18.0. The Morgan fingerprint density at radius 2 is 0.769 bits per heavy atom. The summed E-state index contributed by atoms with van der Waals surface area (Å²) in [4.78, 5) is 109. The molecule has 6 aromatic heterocycles. The number of hydrogen-bond donors (Lipinski definition) is 7. The molecular formula is C90H115Cl4F3N24O10S3. The molecule has 3 aliphatic heterocycles. The number of nitrogens with one attached hydrogen (secondary N) is 7. The van der Waals surface area contributed by atoms with Crippen molar-refractivity contribution in [3.05, 3.63) is 250 Å². The standard InChI is InChI=1S/2C29H32ClFN8O3.C24H24ClFN4O4.C5H8N4.3CH4.ClH.3H2S/c2*1-37(28(40)33-16-22-8-4-10-24(31)27(22)30)23(9-5-11-38-12-13-39-19-34-36-26(39)17-38)18-42-29(41)35-25-14-20-6-2-3-7-21(20)15-32-25;1-30(23(32)28-14-18-8-4-10-20(26)22(18)25)19(9-5-11-31)15-34-24(33)29-21-12-16-6-2-3-7-17(16)13-27-21;1-2-9-4-7-8-5(9)3-6-1;;;;;;;/h2*2-4,6-8,10,14-15,19,23H,5,9,11-13,16-18H2,1H3,(H,33,40)(H,32,35,41);2-4,6-8,10-13,19H,5,9,14-15H2,1H3,(H,28,32)(H,27,29,33);4,6H,1-3H2;3*1H4;1H;3*1H2/t2*23-;19-;;;;;;;;/m000......../s1. The number of likely N-dealkylation sites (N-methyl/N-ethyl adjacent to an activating group) is 3. The van der Waals surface area contributed by atoms with Gasteiger partial charge in [0.25, 0.3) is 0 Å². The molecular weight excluding hydrogens is 1870 g/mol. The first-order chi connectivity index (χ1) is 61.6. The lowest BCUT2D eigenvalue weighted by Crippen LogP contribution is -2.46. The summed E-state index contributed by atoms with van der Waals surface area (Å²) in [6, 6.07) is 38.8. The molecule has 15 rings (SSSR count). The maximum absolute atomic E-state index is 13.8. The van der Waals surface area contributed by atoms with Crippen LogP contribution in [0.2, 0.25) is 15.1 Å². The fourth-order valence-electron chi connectivity index (χ4n) is 14.0. The molecule has 34 nitrogen and oxygen atoms in total. The molecule has 134 heavy (non-hydrogen) atoms. The molecule has 44 heteroatoms. The molecule has 3 aliphatic rings. The van der Waals surface area contributed by atoms with Crippen LogP contribution in [0.15, 0.2) is 183 Å². The number of pyridine rings is 3. The molecule has 0 spiro atoms. The molecule has 9 amide bonds. The number of carbonyl (C=O) groups is 7. The summed E-state index contributed by atoms with van der Waals surface area (Å²) in [5, 5.41) is 48.8. The SMILES string of the molecule is C.C.C.CN(C(=O)NCc1cccc(F)c1Cl)[C@@H](CCC=O)COC(=O)Nc1cc2ccccc2cn1.CN(C(=O)NCc1cccc(F)c1Cl)[C@@H](CCCN1CCn2cnnc2C1)COC(=O)Nc1cc2ccccc2cn1.CN(C(=O)NCc1cccc(F)c1Cl)[C@@H](CCCN1CCn2cnnc2C1)COC(=O)Nc1cc2ccccc2cn1.Cl.S.S.S.c1nnc2n1CCNC2. The number of benzene rings is 6. The third-order valence-electron chi connectivity index (χ3n) is 21.4. The van der Waals surface area contributed by atoms with Crippen molar-refractivity contribution in [1.29, 1.82) is 0 Å². The van der Waals surface area contributed by atoms with Crippen LogP contribution in [-0.2, 0) is 77.9 Å². The van der Waals surface area contributed by atoms with E-state index in [4.69, 9.17) is 49.0 Å². The van der Waals surface area contributed by atoms with Crippen molar-refractivity contribution in [1.82, 2.24) is 105 Å². The second-order valence-corrected chi connectivity index (χ2v) is 31.0. The van der Waals surface area contributed by atoms with Gasteiger partial charge in [-0.2, -0.15) is 40.5 Å². The largest absolute Gasteiger partial charge is 0.447 e. The van der Waals surface area contributed by atoms with E-state index in [1.165, 1.54) is 58.1 Å². The first-order valence-electron chi connectivity index (χ1n) is 41.0. The molecule has 7 N–H and O–H groups in total. The second kappa shape index (κ2) is 57.0. The van der Waals surface area contributed by atoms with Crippen LogP contribution in [0.3, 0.4) is 0 Å². The number of amides is 9. The van der Waals surface area contributed by atoms with Crippen molar-refractivity contribution in [3.8, 4) is 0 Å². The first-order valence-corrected chi connectivity index (χ1v) is 42.1. The lowest BCUT2D eigenvalue weighted by atomic mass is 10.1. The Morgan fingerprint density at radius 3 is 1.10 bits per heavy atom. The van der Waals surface area contributed by atoms with Gasteiger partial charge in [0.15, 0.2) is 0 Å². The highest BCUT2D eigenvalue weighted by atomic mass is 35.5. The van der Waals surface area contributed by atoms with Crippen molar-refractivity contribution in [3.63, 3.8) is 0 Å². The summed E-state index contributed by atoms with van der Waals surface area (Å²) < 4.78 is 63.8. The van der Waals surface area contributed by atoms with Gasteiger partial charge in [0, 0.05) is 121 Å². The average Bonchev–Trinajstić information content (AvgIpc) is 1.82. The van der Waals surface area contributed by atoms with Gasteiger partial charge < -0.3 is 68.7 Å². The molecule has 722 valence electrons. The quantitative estimate of drug-likeness (QED) is 0.0169.